The van der Waals surface area contributed by atoms with Gasteiger partial charge in [0.05, 0.1) is 12.3 Å². The number of hydrogen-bond donors (Lipinski definition) is 1. The second-order valence-corrected chi connectivity index (χ2v) is 4.27. The highest BCUT2D eigenvalue weighted by Crippen LogP contribution is 2.26. The number of aromatic nitrogens is 2. The number of aliphatic hydroxyl groups is 1. The van der Waals surface area contributed by atoms with Gasteiger partial charge >= 0.3 is 0 Å². The Morgan fingerprint density at radius 1 is 1.31 bits per heavy atom. The highest BCUT2D eigenvalue weighted by Gasteiger charge is 2.22. The Labute approximate surface area is 96.3 Å². The number of nitrogens with zero attached hydrogens (tertiary/aromatic N) is 3. The molecule has 2 rings (SSSR count). The van der Waals surface area contributed by atoms with Gasteiger partial charge in [0.15, 0.2) is 5.82 Å². The summed E-state index contributed by atoms with van der Waals surface area (Å²) in [6, 6.07) is 4.43. The molecular weight excluding hydrogens is 202 g/mol. The first-order chi connectivity index (χ1) is 7.85. The summed E-state index contributed by atoms with van der Waals surface area (Å²) in [5, 5.41) is 17.1. The van der Waals surface area contributed by atoms with Crippen molar-refractivity contribution >= 4 is 5.82 Å². The van der Waals surface area contributed by atoms with E-state index in [9.17, 15) is 0 Å². The quantitative estimate of drug-likeness (QED) is 0.841. The van der Waals surface area contributed by atoms with Gasteiger partial charge in [-0.25, -0.2) is 0 Å². The lowest BCUT2D eigenvalue weighted by molar-refractivity contribution is 0.275. The number of rotatable bonds is 4. The van der Waals surface area contributed by atoms with Crippen molar-refractivity contribution in [1.82, 2.24) is 10.2 Å². The van der Waals surface area contributed by atoms with Crippen LogP contribution in [0.3, 0.4) is 0 Å². The third kappa shape index (κ3) is 2.32. The van der Waals surface area contributed by atoms with Gasteiger partial charge < -0.3 is 10.0 Å². The summed E-state index contributed by atoms with van der Waals surface area (Å²) in [6.07, 6.45) is 5.17. The zero-order chi connectivity index (χ0) is 11.4. The van der Waals surface area contributed by atoms with Crippen LogP contribution in [-0.4, -0.2) is 27.9 Å². The second kappa shape index (κ2) is 5.25. The zero-order valence-corrected chi connectivity index (χ0v) is 9.76. The Hall–Kier alpha value is -1.16. The number of aliphatic hydroxyl groups excluding tert-OH is 1. The molecule has 0 bridgehead atoms. The summed E-state index contributed by atoms with van der Waals surface area (Å²) in [5.74, 6) is 0.937. The zero-order valence-electron chi connectivity index (χ0n) is 9.76. The van der Waals surface area contributed by atoms with Gasteiger partial charge in [-0.1, -0.05) is 12.8 Å². The molecule has 0 amide bonds. The second-order valence-electron chi connectivity index (χ2n) is 4.27. The maximum absolute atomic E-state index is 8.92. The van der Waals surface area contributed by atoms with Crippen LogP contribution in [0.1, 0.15) is 38.3 Å². The molecule has 1 aliphatic carbocycles. The molecule has 16 heavy (non-hydrogen) atoms. The summed E-state index contributed by atoms with van der Waals surface area (Å²) in [7, 11) is 0. The summed E-state index contributed by atoms with van der Waals surface area (Å²) >= 11 is 0. The van der Waals surface area contributed by atoms with Crippen molar-refractivity contribution in [2.24, 2.45) is 0 Å². The van der Waals surface area contributed by atoms with Crippen LogP contribution in [0.15, 0.2) is 12.1 Å². The Morgan fingerprint density at radius 3 is 2.56 bits per heavy atom. The van der Waals surface area contributed by atoms with E-state index in [2.05, 4.69) is 22.0 Å². The molecule has 1 fully saturated rings. The molecule has 1 N–H and O–H groups in total. The molecule has 4 heteroatoms. The molecule has 1 heterocycles. The van der Waals surface area contributed by atoms with Crippen molar-refractivity contribution in [2.75, 3.05) is 11.4 Å². The van der Waals surface area contributed by atoms with Crippen molar-refractivity contribution in [2.45, 2.75) is 45.3 Å². The van der Waals surface area contributed by atoms with Gasteiger partial charge in [0.2, 0.25) is 0 Å². The Balaban J connectivity index is 2.12. The van der Waals surface area contributed by atoms with Crippen LogP contribution in [0.5, 0.6) is 0 Å². The van der Waals surface area contributed by atoms with Gasteiger partial charge in [0.1, 0.15) is 0 Å². The first-order valence-electron chi connectivity index (χ1n) is 6.05. The molecule has 1 aromatic heterocycles. The molecule has 0 atom stereocenters. The molecule has 1 saturated carbocycles. The average Bonchev–Trinajstić information content (AvgIpc) is 2.85. The topological polar surface area (TPSA) is 49.2 Å². The lowest BCUT2D eigenvalue weighted by atomic mass is 10.2. The van der Waals surface area contributed by atoms with Crippen LogP contribution in [0.4, 0.5) is 5.82 Å². The molecule has 4 nitrogen and oxygen atoms in total. The highest BCUT2D eigenvalue weighted by molar-refractivity contribution is 5.38. The van der Waals surface area contributed by atoms with Gasteiger partial charge in [-0.15, -0.1) is 5.10 Å². The summed E-state index contributed by atoms with van der Waals surface area (Å²) in [6.45, 7) is 3.08. The van der Waals surface area contributed by atoms with Crippen LogP contribution in [0.2, 0.25) is 0 Å². The van der Waals surface area contributed by atoms with E-state index in [1.54, 1.807) is 0 Å². The smallest absolute Gasteiger partial charge is 0.151 e. The van der Waals surface area contributed by atoms with Crippen LogP contribution in [0.25, 0.3) is 0 Å². The average molecular weight is 221 g/mol. The molecule has 88 valence electrons. The molecule has 0 unspecified atom stereocenters. The third-order valence-corrected chi connectivity index (χ3v) is 3.27. The fourth-order valence-electron chi connectivity index (χ4n) is 2.41. The van der Waals surface area contributed by atoms with Gasteiger partial charge in [-0.2, -0.15) is 5.10 Å². The van der Waals surface area contributed by atoms with Gasteiger partial charge in [-0.3, -0.25) is 0 Å². The Morgan fingerprint density at radius 2 is 2.06 bits per heavy atom. The van der Waals surface area contributed by atoms with E-state index in [4.69, 9.17) is 5.11 Å². The third-order valence-electron chi connectivity index (χ3n) is 3.27. The summed E-state index contributed by atoms with van der Waals surface area (Å²) in [4.78, 5) is 2.32. The minimum atomic E-state index is -0.0389. The van der Waals surface area contributed by atoms with Crippen LogP contribution in [-0.2, 0) is 6.61 Å². The molecule has 0 aromatic carbocycles. The minimum absolute atomic E-state index is 0.0389. The van der Waals surface area contributed by atoms with Crippen molar-refractivity contribution < 1.29 is 5.11 Å². The van der Waals surface area contributed by atoms with E-state index in [-0.39, 0.29) is 6.61 Å². The van der Waals surface area contributed by atoms with E-state index in [1.165, 1.54) is 25.7 Å². The minimum Gasteiger partial charge on any atom is -0.390 e. The molecule has 0 radical (unpaired) electrons. The predicted molar refractivity (Wildman–Crippen MR) is 63.2 cm³/mol. The maximum Gasteiger partial charge on any atom is 0.151 e. The van der Waals surface area contributed by atoms with Crippen molar-refractivity contribution in [3.63, 3.8) is 0 Å². The Kier molecular flexibility index (Phi) is 3.72. The monoisotopic (exact) mass is 221 g/mol. The van der Waals surface area contributed by atoms with Crippen LogP contribution < -0.4 is 4.90 Å². The largest absolute Gasteiger partial charge is 0.390 e. The van der Waals surface area contributed by atoms with Gasteiger partial charge in [0.25, 0.3) is 0 Å². The van der Waals surface area contributed by atoms with Crippen LogP contribution in [0, 0.1) is 0 Å². The van der Waals surface area contributed by atoms with Crippen LogP contribution >= 0.6 is 0 Å². The number of anilines is 1. The molecular formula is C12H19N3O. The molecule has 0 aliphatic heterocycles. The number of hydrogen-bond acceptors (Lipinski definition) is 4. The van der Waals surface area contributed by atoms with Crippen molar-refractivity contribution in [1.29, 1.82) is 0 Å². The maximum atomic E-state index is 8.92. The molecule has 1 aromatic rings. The molecule has 0 saturated heterocycles. The SMILES string of the molecule is CCN(c1ccc(CO)nn1)C1CCCC1. The van der Waals surface area contributed by atoms with E-state index in [0.29, 0.717) is 11.7 Å². The van der Waals surface area contributed by atoms with Gasteiger partial charge in [-0.05, 0) is 31.9 Å². The summed E-state index contributed by atoms with van der Waals surface area (Å²) < 4.78 is 0. The molecule has 1 aliphatic rings. The van der Waals surface area contributed by atoms with E-state index < -0.39 is 0 Å². The first kappa shape index (κ1) is 11.3. The fraction of sp³-hybridized carbons (Fsp3) is 0.667. The lowest BCUT2D eigenvalue weighted by Gasteiger charge is -2.28. The lowest BCUT2D eigenvalue weighted by Crippen LogP contribution is -2.33. The fourth-order valence-corrected chi connectivity index (χ4v) is 2.41. The van der Waals surface area contributed by atoms with Gasteiger partial charge in [0, 0.05) is 12.6 Å². The standard InChI is InChI=1S/C12H19N3O/c1-2-15(11-5-3-4-6-11)12-8-7-10(9-16)13-14-12/h7-8,11,16H,2-6,9H2,1H3. The van der Waals surface area contributed by atoms with E-state index in [0.717, 1.165) is 12.4 Å². The summed E-state index contributed by atoms with van der Waals surface area (Å²) in [5.41, 5.74) is 0.631. The van der Waals surface area contributed by atoms with E-state index >= 15 is 0 Å². The Bertz CT molecular complexity index is 320. The molecule has 0 spiro atoms. The first-order valence-corrected chi connectivity index (χ1v) is 6.05. The van der Waals surface area contributed by atoms with E-state index in [1.807, 2.05) is 12.1 Å². The van der Waals surface area contributed by atoms with Crippen molar-refractivity contribution in [3.8, 4) is 0 Å². The predicted octanol–water partition coefficient (Wildman–Crippen LogP) is 1.74. The normalized spacial score (nSPS) is 16.6. The van der Waals surface area contributed by atoms with Crippen molar-refractivity contribution in [3.05, 3.63) is 17.8 Å². The highest BCUT2D eigenvalue weighted by atomic mass is 16.3.